The summed E-state index contributed by atoms with van der Waals surface area (Å²) in [5.41, 5.74) is 19.8. The van der Waals surface area contributed by atoms with E-state index in [4.69, 9.17) is 0 Å². The molecular formula is C64H45N. The zero-order chi connectivity index (χ0) is 43.4. The Labute approximate surface area is 381 Å². The minimum Gasteiger partial charge on any atom is -0.310 e. The smallest absolute Gasteiger partial charge is 0.0540 e. The van der Waals surface area contributed by atoms with Gasteiger partial charge in [0.1, 0.15) is 0 Å². The van der Waals surface area contributed by atoms with Gasteiger partial charge in [0.05, 0.1) is 5.69 Å². The van der Waals surface area contributed by atoms with Gasteiger partial charge in [0, 0.05) is 16.9 Å². The summed E-state index contributed by atoms with van der Waals surface area (Å²) in [6.07, 6.45) is 0. The Morgan fingerprint density at radius 3 is 1.22 bits per heavy atom. The van der Waals surface area contributed by atoms with Crippen molar-refractivity contribution in [3.63, 3.8) is 0 Å². The predicted octanol–water partition coefficient (Wildman–Crippen LogP) is 18.0. The summed E-state index contributed by atoms with van der Waals surface area (Å²) >= 11 is 0. The van der Waals surface area contributed by atoms with Crippen LogP contribution in [0.1, 0.15) is 0 Å². The lowest BCUT2D eigenvalue weighted by atomic mass is 9.88. The molecule has 0 atom stereocenters. The molecule has 306 valence electrons. The highest BCUT2D eigenvalue weighted by Gasteiger charge is 2.21. The van der Waals surface area contributed by atoms with Crippen molar-refractivity contribution in [1.29, 1.82) is 0 Å². The SMILES string of the molecule is c1ccc(-c2cc(-c3ccccc3)cc(-c3ccc(N(c4cccc(-c5ccc6ccccc6c5)c4)c4ccccc4-c4ccccc4-c4ccccc4-c4ccccc4)cc3)c2)cc1. The second kappa shape index (κ2) is 17.7. The Hall–Kier alpha value is -8.52. The molecule has 11 aromatic carbocycles. The Morgan fingerprint density at radius 2 is 0.600 bits per heavy atom. The summed E-state index contributed by atoms with van der Waals surface area (Å²) in [5, 5.41) is 2.47. The second-order valence-corrected chi connectivity index (χ2v) is 16.5. The number of hydrogen-bond acceptors (Lipinski definition) is 1. The fraction of sp³-hybridized carbons (Fsp3) is 0. The Bertz CT molecular complexity index is 3350. The van der Waals surface area contributed by atoms with Crippen molar-refractivity contribution in [3.05, 3.63) is 273 Å². The molecule has 0 aliphatic rings. The summed E-state index contributed by atoms with van der Waals surface area (Å²) in [7, 11) is 0. The molecule has 11 aromatic rings. The average molecular weight is 828 g/mol. The van der Waals surface area contributed by atoms with E-state index in [-0.39, 0.29) is 0 Å². The van der Waals surface area contributed by atoms with Crippen molar-refractivity contribution < 1.29 is 0 Å². The zero-order valence-corrected chi connectivity index (χ0v) is 35.9. The molecule has 0 saturated carbocycles. The molecule has 0 amide bonds. The molecule has 11 rings (SSSR count). The highest BCUT2D eigenvalue weighted by molar-refractivity contribution is 5.98. The van der Waals surface area contributed by atoms with Crippen LogP contribution in [0.25, 0.3) is 88.7 Å². The first kappa shape index (κ1) is 39.3. The summed E-state index contributed by atoms with van der Waals surface area (Å²) in [6, 6.07) is 99.0. The van der Waals surface area contributed by atoms with Crippen LogP contribution in [0, 0.1) is 0 Å². The maximum Gasteiger partial charge on any atom is 0.0540 e. The largest absolute Gasteiger partial charge is 0.310 e. The zero-order valence-electron chi connectivity index (χ0n) is 35.9. The van der Waals surface area contributed by atoms with Crippen molar-refractivity contribution in [2.24, 2.45) is 0 Å². The third kappa shape index (κ3) is 8.04. The van der Waals surface area contributed by atoms with Gasteiger partial charge in [0.15, 0.2) is 0 Å². The lowest BCUT2D eigenvalue weighted by Crippen LogP contribution is -2.11. The van der Waals surface area contributed by atoms with Crippen molar-refractivity contribution in [3.8, 4) is 77.9 Å². The van der Waals surface area contributed by atoms with Crippen LogP contribution in [0.2, 0.25) is 0 Å². The molecule has 0 heterocycles. The molecule has 0 bridgehead atoms. The number of benzene rings is 11. The fourth-order valence-corrected chi connectivity index (χ4v) is 9.25. The second-order valence-electron chi connectivity index (χ2n) is 16.5. The third-order valence-corrected chi connectivity index (χ3v) is 12.5. The lowest BCUT2D eigenvalue weighted by Gasteiger charge is -2.29. The summed E-state index contributed by atoms with van der Waals surface area (Å²) in [5.74, 6) is 0. The van der Waals surface area contributed by atoms with Crippen molar-refractivity contribution in [2.45, 2.75) is 0 Å². The fourth-order valence-electron chi connectivity index (χ4n) is 9.25. The number of rotatable bonds is 10. The molecule has 0 N–H and O–H groups in total. The van der Waals surface area contributed by atoms with Crippen molar-refractivity contribution in [1.82, 2.24) is 0 Å². The van der Waals surface area contributed by atoms with E-state index in [9.17, 15) is 0 Å². The summed E-state index contributed by atoms with van der Waals surface area (Å²) in [6.45, 7) is 0. The van der Waals surface area contributed by atoms with E-state index < -0.39 is 0 Å². The van der Waals surface area contributed by atoms with Crippen LogP contribution in [0.4, 0.5) is 17.1 Å². The van der Waals surface area contributed by atoms with Gasteiger partial charge in [-0.05, 0) is 138 Å². The van der Waals surface area contributed by atoms with Gasteiger partial charge < -0.3 is 4.90 Å². The molecule has 65 heavy (non-hydrogen) atoms. The summed E-state index contributed by atoms with van der Waals surface area (Å²) < 4.78 is 0. The van der Waals surface area contributed by atoms with Crippen LogP contribution in [-0.2, 0) is 0 Å². The Kier molecular flexibility index (Phi) is 10.7. The monoisotopic (exact) mass is 827 g/mol. The van der Waals surface area contributed by atoms with Crippen LogP contribution in [0.3, 0.4) is 0 Å². The minimum atomic E-state index is 1.07. The molecule has 1 nitrogen and oxygen atoms in total. The van der Waals surface area contributed by atoms with Crippen LogP contribution >= 0.6 is 0 Å². The lowest BCUT2D eigenvalue weighted by molar-refractivity contribution is 1.28. The van der Waals surface area contributed by atoms with Gasteiger partial charge in [-0.3, -0.25) is 0 Å². The molecule has 0 radical (unpaired) electrons. The van der Waals surface area contributed by atoms with E-state index in [2.05, 4.69) is 278 Å². The Balaban J connectivity index is 1.07. The van der Waals surface area contributed by atoms with E-state index in [0.29, 0.717) is 0 Å². The quantitative estimate of drug-likeness (QED) is 0.133. The first-order chi connectivity index (χ1) is 32.2. The molecule has 0 aromatic heterocycles. The molecular weight excluding hydrogens is 783 g/mol. The van der Waals surface area contributed by atoms with Crippen LogP contribution in [-0.4, -0.2) is 0 Å². The minimum absolute atomic E-state index is 1.07. The number of nitrogens with zero attached hydrogens (tertiary/aromatic N) is 1. The van der Waals surface area contributed by atoms with Gasteiger partial charge in [-0.1, -0.05) is 218 Å². The topological polar surface area (TPSA) is 3.24 Å². The maximum absolute atomic E-state index is 2.43. The first-order valence-electron chi connectivity index (χ1n) is 22.3. The van der Waals surface area contributed by atoms with E-state index in [0.717, 1.165) is 33.8 Å². The van der Waals surface area contributed by atoms with E-state index >= 15 is 0 Å². The Morgan fingerprint density at radius 1 is 0.185 bits per heavy atom. The maximum atomic E-state index is 2.43. The van der Waals surface area contributed by atoms with Crippen molar-refractivity contribution in [2.75, 3.05) is 4.90 Å². The van der Waals surface area contributed by atoms with Gasteiger partial charge in [0.2, 0.25) is 0 Å². The van der Waals surface area contributed by atoms with Crippen LogP contribution < -0.4 is 4.90 Å². The number of hydrogen-bond donors (Lipinski definition) is 0. The normalized spacial score (nSPS) is 11.1. The van der Waals surface area contributed by atoms with Gasteiger partial charge in [-0.15, -0.1) is 0 Å². The third-order valence-electron chi connectivity index (χ3n) is 12.5. The molecule has 0 aliphatic carbocycles. The van der Waals surface area contributed by atoms with Gasteiger partial charge >= 0.3 is 0 Å². The first-order valence-corrected chi connectivity index (χ1v) is 22.3. The number of fused-ring (bicyclic) bond motifs is 1. The van der Waals surface area contributed by atoms with E-state index in [1.54, 1.807) is 0 Å². The molecule has 0 aliphatic heterocycles. The van der Waals surface area contributed by atoms with Gasteiger partial charge in [-0.2, -0.15) is 0 Å². The molecule has 0 saturated heterocycles. The molecule has 0 fully saturated rings. The molecule has 0 unspecified atom stereocenters. The number of para-hydroxylation sites is 1. The van der Waals surface area contributed by atoms with Gasteiger partial charge in [0.25, 0.3) is 0 Å². The average Bonchev–Trinajstić information content (AvgIpc) is 3.40. The highest BCUT2D eigenvalue weighted by atomic mass is 15.1. The van der Waals surface area contributed by atoms with E-state index in [1.165, 1.54) is 72.0 Å². The van der Waals surface area contributed by atoms with Crippen LogP contribution in [0.15, 0.2) is 273 Å². The molecule has 0 spiro atoms. The predicted molar refractivity (Wildman–Crippen MR) is 277 cm³/mol. The van der Waals surface area contributed by atoms with Crippen LogP contribution in [0.5, 0.6) is 0 Å². The van der Waals surface area contributed by atoms with Crippen molar-refractivity contribution >= 4 is 27.8 Å². The van der Waals surface area contributed by atoms with E-state index in [1.807, 2.05) is 0 Å². The number of anilines is 3. The van der Waals surface area contributed by atoms with Gasteiger partial charge in [-0.25, -0.2) is 0 Å². The highest BCUT2D eigenvalue weighted by Crippen LogP contribution is 2.46. The summed E-state index contributed by atoms with van der Waals surface area (Å²) in [4.78, 5) is 2.43. The molecule has 1 heteroatoms. The standard InChI is InChI=1S/C64H45N/c1-4-19-46(20-5-1)54-42-55(47-21-6-2-7-22-47)44-56(43-54)49-37-39-57(40-38-49)65(58-28-18-27-52(45-58)53-36-35-48-23-10-11-26-51(48)41-53)64-34-17-16-33-63(64)62-32-15-14-31-61(62)60-30-13-12-29-59(60)50-24-8-3-9-25-50/h1-45H.